The van der Waals surface area contributed by atoms with Gasteiger partial charge in [0.2, 0.25) is 0 Å². The highest BCUT2D eigenvalue weighted by molar-refractivity contribution is 9.10. The van der Waals surface area contributed by atoms with Gasteiger partial charge in [-0.25, -0.2) is 13.6 Å². The summed E-state index contributed by atoms with van der Waals surface area (Å²) in [4.78, 5) is 14.7. The maximum Gasteiger partial charge on any atom is 0.341 e. The average Bonchev–Trinajstić information content (AvgIpc) is 2.21. The van der Waals surface area contributed by atoms with E-state index < -0.39 is 29.4 Å². The highest BCUT2D eigenvalue weighted by Gasteiger charge is 2.25. The minimum absolute atomic E-state index is 0.0452. The topological polar surface area (TPSA) is 59.4 Å². The van der Waals surface area contributed by atoms with E-state index >= 15 is 0 Å². The smallest absolute Gasteiger partial charge is 0.341 e. The molecule has 1 N–H and O–H groups in total. The van der Waals surface area contributed by atoms with Gasteiger partial charge in [0, 0.05) is 0 Å². The number of halogens is 3. The number of aromatic hydroxyl groups is 1. The summed E-state index contributed by atoms with van der Waals surface area (Å²) in [6.07, 6.45) is -2.08. The molecule has 0 unspecified atom stereocenters. The molecule has 4 nitrogen and oxygen atoms in total. The van der Waals surface area contributed by atoms with Crippen LogP contribution in [0.25, 0.3) is 0 Å². The van der Waals surface area contributed by atoms with E-state index in [0.29, 0.717) is 0 Å². The number of ether oxygens (including phenoxy) is 1. The van der Waals surface area contributed by atoms with Crippen LogP contribution in [0.15, 0.2) is 10.7 Å². The molecule has 0 saturated carbocycles. The number of carbonyl (C=O) groups is 1. The van der Waals surface area contributed by atoms with Gasteiger partial charge in [0.05, 0.1) is 17.3 Å². The Morgan fingerprint density at radius 2 is 2.31 bits per heavy atom. The van der Waals surface area contributed by atoms with Gasteiger partial charge in [0.15, 0.2) is 0 Å². The minimum atomic E-state index is -2.92. The van der Waals surface area contributed by atoms with Crippen molar-refractivity contribution in [3.05, 3.63) is 21.9 Å². The first-order valence-corrected chi connectivity index (χ1v) is 5.11. The van der Waals surface area contributed by atoms with E-state index in [1.807, 2.05) is 0 Å². The van der Waals surface area contributed by atoms with E-state index in [9.17, 15) is 18.7 Å². The van der Waals surface area contributed by atoms with Gasteiger partial charge in [-0.1, -0.05) is 0 Å². The van der Waals surface area contributed by atoms with Crippen LogP contribution < -0.4 is 0 Å². The van der Waals surface area contributed by atoms with Crippen molar-refractivity contribution in [3.8, 4) is 5.75 Å². The van der Waals surface area contributed by atoms with Gasteiger partial charge in [0.25, 0.3) is 6.43 Å². The van der Waals surface area contributed by atoms with Crippen LogP contribution in [0.4, 0.5) is 8.78 Å². The van der Waals surface area contributed by atoms with Crippen molar-refractivity contribution in [2.24, 2.45) is 0 Å². The number of pyridine rings is 1. The predicted molar refractivity (Wildman–Crippen MR) is 54.5 cm³/mol. The summed E-state index contributed by atoms with van der Waals surface area (Å²) in [6, 6.07) is 0. The van der Waals surface area contributed by atoms with Gasteiger partial charge in [-0.2, -0.15) is 0 Å². The van der Waals surface area contributed by atoms with Crippen molar-refractivity contribution in [1.82, 2.24) is 4.98 Å². The van der Waals surface area contributed by atoms with Crippen LogP contribution in [0.5, 0.6) is 5.75 Å². The van der Waals surface area contributed by atoms with Gasteiger partial charge in [-0.15, -0.1) is 0 Å². The van der Waals surface area contributed by atoms with E-state index in [-0.39, 0.29) is 11.1 Å². The third-order valence-electron chi connectivity index (χ3n) is 1.71. The molecular formula is C9H8BrF2NO3. The normalized spacial score (nSPS) is 10.6. The Hall–Kier alpha value is -1.24. The first kappa shape index (κ1) is 12.8. The number of esters is 1. The average molecular weight is 296 g/mol. The molecular weight excluding hydrogens is 288 g/mol. The lowest BCUT2D eigenvalue weighted by molar-refractivity contribution is 0.0511. The highest BCUT2D eigenvalue weighted by Crippen LogP contribution is 2.33. The van der Waals surface area contributed by atoms with Crippen LogP contribution in [0.1, 0.15) is 29.4 Å². The number of alkyl halides is 2. The van der Waals surface area contributed by atoms with Crippen LogP contribution in [0.2, 0.25) is 0 Å². The molecule has 1 heterocycles. The summed E-state index contributed by atoms with van der Waals surface area (Å²) >= 11 is 2.85. The van der Waals surface area contributed by atoms with Crippen LogP contribution in [-0.2, 0) is 4.74 Å². The Morgan fingerprint density at radius 1 is 1.69 bits per heavy atom. The lowest BCUT2D eigenvalue weighted by Crippen LogP contribution is -2.11. The zero-order valence-corrected chi connectivity index (χ0v) is 9.79. The Morgan fingerprint density at radius 3 is 2.81 bits per heavy atom. The van der Waals surface area contributed by atoms with Crippen LogP contribution in [0, 0.1) is 0 Å². The Labute approximate surface area is 98.4 Å². The fourth-order valence-corrected chi connectivity index (χ4v) is 1.52. The van der Waals surface area contributed by atoms with E-state index in [0.717, 1.165) is 6.20 Å². The summed E-state index contributed by atoms with van der Waals surface area (Å²) in [5.41, 5.74) is -1.17. The van der Waals surface area contributed by atoms with Gasteiger partial charge in [-0.05, 0) is 22.9 Å². The molecule has 0 amide bonds. The molecule has 0 radical (unpaired) electrons. The summed E-state index contributed by atoms with van der Waals surface area (Å²) in [5.74, 6) is -1.35. The monoisotopic (exact) mass is 295 g/mol. The van der Waals surface area contributed by atoms with Crippen molar-refractivity contribution in [1.29, 1.82) is 0 Å². The number of nitrogens with zero attached hydrogens (tertiary/aromatic N) is 1. The van der Waals surface area contributed by atoms with Crippen molar-refractivity contribution in [2.45, 2.75) is 13.3 Å². The second kappa shape index (κ2) is 5.20. The van der Waals surface area contributed by atoms with Gasteiger partial charge in [-0.3, -0.25) is 4.98 Å². The third kappa shape index (κ3) is 2.46. The van der Waals surface area contributed by atoms with Gasteiger partial charge < -0.3 is 9.84 Å². The van der Waals surface area contributed by atoms with Crippen LogP contribution in [-0.4, -0.2) is 22.7 Å². The second-order valence-electron chi connectivity index (χ2n) is 2.74. The molecule has 7 heteroatoms. The van der Waals surface area contributed by atoms with E-state index in [1.165, 1.54) is 0 Å². The first-order valence-electron chi connectivity index (χ1n) is 4.31. The first-order chi connectivity index (χ1) is 7.49. The quantitative estimate of drug-likeness (QED) is 0.871. The van der Waals surface area contributed by atoms with Crippen LogP contribution in [0.3, 0.4) is 0 Å². The summed E-state index contributed by atoms with van der Waals surface area (Å²) < 4.78 is 29.6. The standard InChI is InChI=1S/C9H8BrF2NO3/c1-2-16-9(15)5-6(10)4(14)3-13-7(5)8(11)12/h3,8,14H,2H2,1H3. The van der Waals surface area contributed by atoms with Crippen molar-refractivity contribution in [2.75, 3.05) is 6.61 Å². The Kier molecular flexibility index (Phi) is 4.17. The molecule has 0 spiro atoms. The Bertz CT molecular complexity index is 412. The molecule has 0 aliphatic rings. The van der Waals surface area contributed by atoms with E-state index in [1.54, 1.807) is 6.92 Å². The van der Waals surface area contributed by atoms with Gasteiger partial charge >= 0.3 is 5.97 Å². The molecule has 1 aromatic rings. The minimum Gasteiger partial charge on any atom is -0.505 e. The van der Waals surface area contributed by atoms with Crippen LogP contribution >= 0.6 is 15.9 Å². The van der Waals surface area contributed by atoms with Crippen molar-refractivity contribution < 1.29 is 23.4 Å². The molecule has 0 fully saturated rings. The number of hydrogen-bond donors (Lipinski definition) is 1. The third-order valence-corrected chi connectivity index (χ3v) is 2.52. The molecule has 0 aromatic carbocycles. The number of rotatable bonds is 3. The molecule has 0 aliphatic heterocycles. The van der Waals surface area contributed by atoms with Gasteiger partial charge in [0.1, 0.15) is 17.0 Å². The molecule has 0 saturated heterocycles. The SMILES string of the molecule is CCOC(=O)c1c(C(F)F)ncc(O)c1Br. The summed E-state index contributed by atoms with van der Waals surface area (Å²) in [7, 11) is 0. The number of carbonyl (C=O) groups excluding carboxylic acids is 1. The molecule has 1 rings (SSSR count). The maximum absolute atomic E-state index is 12.6. The predicted octanol–water partition coefficient (Wildman–Crippen LogP) is 2.66. The molecule has 88 valence electrons. The molecule has 16 heavy (non-hydrogen) atoms. The lowest BCUT2D eigenvalue weighted by Gasteiger charge is -2.10. The van der Waals surface area contributed by atoms with Crippen molar-refractivity contribution in [3.63, 3.8) is 0 Å². The van der Waals surface area contributed by atoms with E-state index in [2.05, 4.69) is 25.7 Å². The second-order valence-corrected chi connectivity index (χ2v) is 3.53. The molecule has 0 aliphatic carbocycles. The molecule has 0 bridgehead atoms. The maximum atomic E-state index is 12.6. The number of aromatic nitrogens is 1. The lowest BCUT2D eigenvalue weighted by atomic mass is 10.2. The zero-order chi connectivity index (χ0) is 12.3. The largest absolute Gasteiger partial charge is 0.505 e. The highest BCUT2D eigenvalue weighted by atomic mass is 79.9. The zero-order valence-electron chi connectivity index (χ0n) is 8.21. The summed E-state index contributed by atoms with van der Waals surface area (Å²) in [5, 5.41) is 9.26. The fraction of sp³-hybridized carbons (Fsp3) is 0.333. The van der Waals surface area contributed by atoms with Crippen molar-refractivity contribution >= 4 is 21.9 Å². The summed E-state index contributed by atoms with van der Waals surface area (Å²) in [6.45, 7) is 1.59. The van der Waals surface area contributed by atoms with E-state index in [4.69, 9.17) is 0 Å². The fourth-order valence-electron chi connectivity index (χ4n) is 1.06. The Balaban J connectivity index is 3.31. The number of hydrogen-bond acceptors (Lipinski definition) is 4. The molecule has 1 aromatic heterocycles. The molecule has 0 atom stereocenters.